The van der Waals surface area contributed by atoms with Gasteiger partial charge in [0.05, 0.1) is 10.7 Å². The summed E-state index contributed by atoms with van der Waals surface area (Å²) in [5.74, 6) is 2.37. The van der Waals surface area contributed by atoms with Crippen molar-refractivity contribution >= 4 is 17.3 Å². The van der Waals surface area contributed by atoms with Crippen molar-refractivity contribution in [2.45, 2.75) is 26.8 Å². The number of guanidine groups is 1. The highest BCUT2D eigenvalue weighted by Crippen LogP contribution is 2.32. The number of nitrogens with one attached hydrogen (secondary N) is 2. The van der Waals surface area contributed by atoms with Crippen LogP contribution < -0.4 is 20.1 Å². The lowest BCUT2D eigenvalue weighted by Crippen LogP contribution is -2.37. The average Bonchev–Trinajstić information content (AvgIpc) is 3.16. The molecule has 3 rings (SSSR count). The zero-order chi connectivity index (χ0) is 16.9. The summed E-state index contributed by atoms with van der Waals surface area (Å²) in [6.07, 6.45) is 0.893. The highest BCUT2D eigenvalue weighted by atomic mass is 32.1. The predicted octanol–water partition coefficient (Wildman–Crippen LogP) is 2.40. The normalized spacial score (nSPS) is 13.2. The van der Waals surface area contributed by atoms with Gasteiger partial charge in [0.15, 0.2) is 17.5 Å². The molecular formula is C17H22N4O2S. The number of aliphatic imine (C=N–C) groups is 1. The number of ether oxygens (including phenoxy) is 2. The Kier molecular flexibility index (Phi) is 5.20. The van der Waals surface area contributed by atoms with E-state index in [0.717, 1.165) is 46.7 Å². The van der Waals surface area contributed by atoms with Crippen LogP contribution in [-0.4, -0.2) is 31.3 Å². The van der Waals surface area contributed by atoms with Crippen molar-refractivity contribution in [1.29, 1.82) is 0 Å². The van der Waals surface area contributed by atoms with E-state index < -0.39 is 0 Å². The number of nitrogens with zero attached hydrogens (tertiary/aromatic N) is 2. The molecule has 0 fully saturated rings. The SMILES string of the molecule is CN=C(NCCc1nc(C)c(C)s1)NCc1ccc2c(c1)OCO2. The second kappa shape index (κ2) is 7.53. The van der Waals surface area contributed by atoms with Crippen LogP contribution in [0.15, 0.2) is 23.2 Å². The summed E-state index contributed by atoms with van der Waals surface area (Å²) >= 11 is 1.76. The number of rotatable bonds is 5. The number of aromatic nitrogens is 1. The molecule has 0 spiro atoms. The molecule has 1 aliphatic rings. The Bertz CT molecular complexity index is 723. The predicted molar refractivity (Wildman–Crippen MR) is 96.1 cm³/mol. The van der Waals surface area contributed by atoms with Gasteiger partial charge >= 0.3 is 0 Å². The van der Waals surface area contributed by atoms with Crippen LogP contribution in [0.3, 0.4) is 0 Å². The van der Waals surface area contributed by atoms with Crippen LogP contribution in [0.5, 0.6) is 11.5 Å². The van der Waals surface area contributed by atoms with Crippen molar-refractivity contribution < 1.29 is 9.47 Å². The molecule has 0 aliphatic carbocycles. The van der Waals surface area contributed by atoms with Gasteiger partial charge in [-0.1, -0.05) is 6.07 Å². The van der Waals surface area contributed by atoms with Gasteiger partial charge in [-0.25, -0.2) is 4.98 Å². The van der Waals surface area contributed by atoms with Crippen LogP contribution in [0.25, 0.3) is 0 Å². The summed E-state index contributed by atoms with van der Waals surface area (Å²) in [7, 11) is 1.77. The van der Waals surface area contributed by atoms with Gasteiger partial charge in [0.2, 0.25) is 6.79 Å². The standard InChI is InChI=1S/C17H22N4O2S/c1-11-12(2)24-16(21-11)6-7-19-17(18-3)20-9-13-4-5-14-15(8-13)23-10-22-14/h4-5,8H,6-7,9-10H2,1-3H3,(H2,18,19,20). The van der Waals surface area contributed by atoms with E-state index in [1.807, 2.05) is 18.2 Å². The van der Waals surface area contributed by atoms with E-state index in [2.05, 4.69) is 34.5 Å². The molecule has 128 valence electrons. The Morgan fingerprint density at radius 2 is 2.08 bits per heavy atom. The van der Waals surface area contributed by atoms with Crippen molar-refractivity contribution in [3.63, 3.8) is 0 Å². The molecule has 0 saturated carbocycles. The fourth-order valence-corrected chi connectivity index (χ4v) is 3.32. The molecule has 0 atom stereocenters. The molecule has 1 aromatic heterocycles. The highest BCUT2D eigenvalue weighted by molar-refractivity contribution is 7.11. The Morgan fingerprint density at radius 3 is 2.83 bits per heavy atom. The summed E-state index contributed by atoms with van der Waals surface area (Å²) < 4.78 is 10.7. The van der Waals surface area contributed by atoms with Crippen molar-refractivity contribution in [3.8, 4) is 11.5 Å². The third-order valence-electron chi connectivity index (χ3n) is 3.82. The Hall–Kier alpha value is -2.28. The van der Waals surface area contributed by atoms with Crippen molar-refractivity contribution in [3.05, 3.63) is 39.3 Å². The van der Waals surface area contributed by atoms with Crippen LogP contribution in [0.2, 0.25) is 0 Å². The summed E-state index contributed by atoms with van der Waals surface area (Å²) in [4.78, 5) is 10.1. The van der Waals surface area contributed by atoms with Crippen LogP contribution in [-0.2, 0) is 13.0 Å². The van der Waals surface area contributed by atoms with E-state index >= 15 is 0 Å². The third-order valence-corrected chi connectivity index (χ3v) is 4.96. The molecule has 0 bridgehead atoms. The monoisotopic (exact) mass is 346 g/mol. The van der Waals surface area contributed by atoms with E-state index in [1.54, 1.807) is 18.4 Å². The lowest BCUT2D eigenvalue weighted by Gasteiger charge is -2.11. The molecule has 6 nitrogen and oxygen atoms in total. The Labute approximate surface area is 145 Å². The fourth-order valence-electron chi connectivity index (χ4n) is 2.39. The maximum absolute atomic E-state index is 5.40. The van der Waals surface area contributed by atoms with E-state index in [1.165, 1.54) is 4.88 Å². The van der Waals surface area contributed by atoms with Gasteiger partial charge in [-0.05, 0) is 31.5 Å². The van der Waals surface area contributed by atoms with E-state index in [9.17, 15) is 0 Å². The van der Waals surface area contributed by atoms with E-state index in [-0.39, 0.29) is 0 Å². The molecule has 0 radical (unpaired) electrons. The number of hydrogen-bond donors (Lipinski definition) is 2. The van der Waals surface area contributed by atoms with Gasteiger partial charge in [-0.3, -0.25) is 4.99 Å². The van der Waals surface area contributed by atoms with Crippen LogP contribution in [0.1, 0.15) is 21.1 Å². The van der Waals surface area contributed by atoms with Gasteiger partial charge in [0.1, 0.15) is 0 Å². The lowest BCUT2D eigenvalue weighted by atomic mass is 10.2. The molecule has 0 unspecified atom stereocenters. The van der Waals surface area contributed by atoms with Crippen molar-refractivity contribution in [2.24, 2.45) is 4.99 Å². The first-order valence-electron chi connectivity index (χ1n) is 7.91. The lowest BCUT2D eigenvalue weighted by molar-refractivity contribution is 0.174. The molecule has 2 heterocycles. The smallest absolute Gasteiger partial charge is 0.231 e. The number of hydrogen-bond acceptors (Lipinski definition) is 5. The maximum Gasteiger partial charge on any atom is 0.231 e. The summed E-state index contributed by atoms with van der Waals surface area (Å²) in [5, 5.41) is 7.78. The van der Waals surface area contributed by atoms with Gasteiger partial charge < -0.3 is 20.1 Å². The fraction of sp³-hybridized carbons (Fsp3) is 0.412. The number of benzene rings is 1. The zero-order valence-electron chi connectivity index (χ0n) is 14.2. The summed E-state index contributed by atoms with van der Waals surface area (Å²) in [6, 6.07) is 5.95. The average molecular weight is 346 g/mol. The van der Waals surface area contributed by atoms with Crippen molar-refractivity contribution in [2.75, 3.05) is 20.4 Å². The first-order chi connectivity index (χ1) is 11.7. The number of aryl methyl sites for hydroxylation is 2. The Morgan fingerprint density at radius 1 is 1.25 bits per heavy atom. The molecule has 2 N–H and O–H groups in total. The third kappa shape index (κ3) is 3.97. The quantitative estimate of drug-likeness (QED) is 0.643. The second-order valence-corrected chi connectivity index (χ2v) is 6.83. The number of thiazole rings is 1. The summed E-state index contributed by atoms with van der Waals surface area (Å²) in [6.45, 7) is 5.93. The van der Waals surface area contributed by atoms with Crippen LogP contribution >= 0.6 is 11.3 Å². The molecular weight excluding hydrogens is 324 g/mol. The summed E-state index contributed by atoms with van der Waals surface area (Å²) in [5.41, 5.74) is 2.24. The molecule has 24 heavy (non-hydrogen) atoms. The maximum atomic E-state index is 5.40. The topological polar surface area (TPSA) is 67.8 Å². The molecule has 1 aromatic carbocycles. The minimum Gasteiger partial charge on any atom is -0.454 e. The van der Waals surface area contributed by atoms with Gasteiger partial charge in [-0.15, -0.1) is 11.3 Å². The van der Waals surface area contributed by atoms with E-state index in [0.29, 0.717) is 13.3 Å². The largest absolute Gasteiger partial charge is 0.454 e. The molecule has 7 heteroatoms. The van der Waals surface area contributed by atoms with Gasteiger partial charge in [0.25, 0.3) is 0 Å². The minimum absolute atomic E-state index is 0.297. The van der Waals surface area contributed by atoms with Crippen LogP contribution in [0, 0.1) is 13.8 Å². The molecule has 1 aliphatic heterocycles. The Balaban J connectivity index is 1.46. The zero-order valence-corrected chi connectivity index (χ0v) is 15.0. The first kappa shape index (κ1) is 16.6. The van der Waals surface area contributed by atoms with Crippen LogP contribution in [0.4, 0.5) is 0 Å². The van der Waals surface area contributed by atoms with Crippen molar-refractivity contribution in [1.82, 2.24) is 15.6 Å². The molecule has 2 aromatic rings. The number of fused-ring (bicyclic) bond motifs is 1. The van der Waals surface area contributed by atoms with Gasteiger partial charge in [-0.2, -0.15) is 0 Å². The second-order valence-electron chi connectivity index (χ2n) is 5.54. The highest BCUT2D eigenvalue weighted by Gasteiger charge is 2.13. The van der Waals surface area contributed by atoms with E-state index in [4.69, 9.17) is 9.47 Å². The van der Waals surface area contributed by atoms with Gasteiger partial charge in [0, 0.05) is 31.4 Å². The molecule has 0 saturated heterocycles. The molecule has 0 amide bonds. The minimum atomic E-state index is 0.297. The first-order valence-corrected chi connectivity index (χ1v) is 8.73.